The first-order valence-electron chi connectivity index (χ1n) is 7.93. The van der Waals surface area contributed by atoms with Gasteiger partial charge in [0.1, 0.15) is 0 Å². The van der Waals surface area contributed by atoms with Gasteiger partial charge in [-0.05, 0) is 43.2 Å². The second-order valence-corrected chi connectivity index (χ2v) is 6.36. The second kappa shape index (κ2) is 8.88. The van der Waals surface area contributed by atoms with E-state index in [-0.39, 0.29) is 6.42 Å². The summed E-state index contributed by atoms with van der Waals surface area (Å²) >= 11 is 12.1. The number of hydrogen-bond donors (Lipinski definition) is 1. The van der Waals surface area contributed by atoms with Gasteiger partial charge in [0.25, 0.3) is 5.91 Å². The summed E-state index contributed by atoms with van der Waals surface area (Å²) in [6.07, 6.45) is -0.103. The highest BCUT2D eigenvalue weighted by Gasteiger charge is 2.19. The molecule has 6 heteroatoms. The van der Waals surface area contributed by atoms with E-state index in [2.05, 4.69) is 12.2 Å². The highest BCUT2D eigenvalue weighted by atomic mass is 35.5. The van der Waals surface area contributed by atoms with Crippen LogP contribution in [0.25, 0.3) is 0 Å². The third-order valence-corrected chi connectivity index (χ3v) is 4.40. The van der Waals surface area contributed by atoms with Gasteiger partial charge in [0.2, 0.25) is 0 Å². The SMILES string of the molecule is CCc1ccc(NC(=O)[C@H](C)OC(=O)Cc2c(Cl)cccc2Cl)cc1. The average Bonchev–Trinajstić information content (AvgIpc) is 2.59. The van der Waals surface area contributed by atoms with Crippen LogP contribution in [0.4, 0.5) is 5.69 Å². The molecule has 0 aromatic heterocycles. The Bertz CT molecular complexity index is 740. The summed E-state index contributed by atoms with van der Waals surface area (Å²) in [6.45, 7) is 3.57. The van der Waals surface area contributed by atoms with Crippen LogP contribution < -0.4 is 5.32 Å². The number of hydrogen-bond acceptors (Lipinski definition) is 3. The number of rotatable bonds is 6. The predicted octanol–water partition coefficient (Wildman–Crippen LogP) is 4.67. The lowest BCUT2D eigenvalue weighted by molar-refractivity contribution is -0.152. The molecule has 0 aliphatic rings. The highest BCUT2D eigenvalue weighted by Crippen LogP contribution is 2.25. The van der Waals surface area contributed by atoms with Crippen LogP contribution in [0.5, 0.6) is 0 Å². The van der Waals surface area contributed by atoms with Gasteiger partial charge >= 0.3 is 5.97 Å². The number of esters is 1. The maximum atomic E-state index is 12.1. The topological polar surface area (TPSA) is 55.4 Å². The normalized spacial score (nSPS) is 11.7. The lowest BCUT2D eigenvalue weighted by Crippen LogP contribution is -2.30. The van der Waals surface area contributed by atoms with Gasteiger partial charge in [-0.15, -0.1) is 0 Å². The molecule has 2 rings (SSSR count). The molecule has 0 aliphatic carbocycles. The first-order valence-corrected chi connectivity index (χ1v) is 8.68. The first-order chi connectivity index (χ1) is 11.9. The molecule has 0 radical (unpaired) electrons. The predicted molar refractivity (Wildman–Crippen MR) is 100 cm³/mol. The van der Waals surface area contributed by atoms with E-state index in [9.17, 15) is 9.59 Å². The van der Waals surface area contributed by atoms with Crippen LogP contribution in [0.3, 0.4) is 0 Å². The van der Waals surface area contributed by atoms with Gasteiger partial charge in [0, 0.05) is 21.3 Å². The molecule has 1 amide bonds. The van der Waals surface area contributed by atoms with Crippen molar-refractivity contribution in [3.63, 3.8) is 0 Å². The maximum Gasteiger partial charge on any atom is 0.311 e. The van der Waals surface area contributed by atoms with Gasteiger partial charge in [-0.2, -0.15) is 0 Å². The van der Waals surface area contributed by atoms with Gasteiger partial charge in [0.15, 0.2) is 6.10 Å². The van der Waals surface area contributed by atoms with Gasteiger partial charge in [-0.3, -0.25) is 9.59 Å². The van der Waals surface area contributed by atoms with Crippen molar-refractivity contribution in [3.05, 3.63) is 63.6 Å². The third-order valence-electron chi connectivity index (χ3n) is 3.69. The minimum Gasteiger partial charge on any atom is -0.452 e. The van der Waals surface area contributed by atoms with E-state index in [0.29, 0.717) is 21.3 Å². The van der Waals surface area contributed by atoms with E-state index in [4.69, 9.17) is 27.9 Å². The van der Waals surface area contributed by atoms with Crippen molar-refractivity contribution in [2.24, 2.45) is 0 Å². The van der Waals surface area contributed by atoms with Crippen molar-refractivity contribution in [1.29, 1.82) is 0 Å². The summed E-state index contributed by atoms with van der Waals surface area (Å²) in [6, 6.07) is 12.5. The van der Waals surface area contributed by atoms with Crippen molar-refractivity contribution >= 4 is 40.8 Å². The molecule has 2 aromatic carbocycles. The van der Waals surface area contributed by atoms with E-state index < -0.39 is 18.0 Å². The summed E-state index contributed by atoms with van der Waals surface area (Å²) in [5.41, 5.74) is 2.31. The van der Waals surface area contributed by atoms with E-state index in [0.717, 1.165) is 6.42 Å². The van der Waals surface area contributed by atoms with Crippen LogP contribution >= 0.6 is 23.2 Å². The number of ether oxygens (including phenoxy) is 1. The molecule has 25 heavy (non-hydrogen) atoms. The van der Waals surface area contributed by atoms with Gasteiger partial charge < -0.3 is 10.1 Å². The summed E-state index contributed by atoms with van der Waals surface area (Å²) in [7, 11) is 0. The summed E-state index contributed by atoms with van der Waals surface area (Å²) in [4.78, 5) is 24.2. The number of aryl methyl sites for hydroxylation is 1. The molecule has 0 aliphatic heterocycles. The number of benzene rings is 2. The maximum absolute atomic E-state index is 12.1. The van der Waals surface area contributed by atoms with Crippen LogP contribution in [0.2, 0.25) is 10.0 Å². The molecular weight excluding hydrogens is 361 g/mol. The number of amides is 1. The monoisotopic (exact) mass is 379 g/mol. The van der Waals surface area contributed by atoms with Crippen molar-refractivity contribution in [1.82, 2.24) is 0 Å². The number of carbonyl (C=O) groups excluding carboxylic acids is 2. The summed E-state index contributed by atoms with van der Waals surface area (Å²) < 4.78 is 5.17. The Balaban J connectivity index is 1.92. The number of anilines is 1. The zero-order valence-corrected chi connectivity index (χ0v) is 15.5. The van der Waals surface area contributed by atoms with Crippen molar-refractivity contribution < 1.29 is 14.3 Å². The second-order valence-electron chi connectivity index (χ2n) is 5.55. The van der Waals surface area contributed by atoms with Crippen LogP contribution in [-0.2, 0) is 27.2 Å². The number of carbonyl (C=O) groups is 2. The fourth-order valence-electron chi connectivity index (χ4n) is 2.21. The molecule has 0 saturated heterocycles. The van der Waals surface area contributed by atoms with Crippen molar-refractivity contribution in [2.45, 2.75) is 32.8 Å². The molecule has 2 aromatic rings. The molecular formula is C19H19Cl2NO3. The Morgan fingerprint density at radius 3 is 2.24 bits per heavy atom. The Kier molecular flexibility index (Phi) is 6.85. The molecule has 0 heterocycles. The molecule has 0 unspecified atom stereocenters. The zero-order chi connectivity index (χ0) is 18.4. The minimum atomic E-state index is -0.931. The Hall–Kier alpha value is -2.04. The lowest BCUT2D eigenvalue weighted by atomic mass is 10.1. The molecule has 0 saturated carbocycles. The molecule has 1 N–H and O–H groups in total. The van der Waals surface area contributed by atoms with Crippen LogP contribution in [0.15, 0.2) is 42.5 Å². The molecule has 0 fully saturated rings. The highest BCUT2D eigenvalue weighted by molar-refractivity contribution is 6.36. The van der Waals surface area contributed by atoms with Gasteiger partial charge in [-0.25, -0.2) is 0 Å². The average molecular weight is 380 g/mol. The molecule has 0 spiro atoms. The molecule has 132 valence electrons. The smallest absolute Gasteiger partial charge is 0.311 e. The standard InChI is InChI=1S/C19H19Cl2NO3/c1-3-13-7-9-14(10-8-13)22-19(24)12(2)25-18(23)11-15-16(20)5-4-6-17(15)21/h4-10,12H,3,11H2,1-2H3,(H,22,24)/t12-/m0/s1. The van der Waals surface area contributed by atoms with Crippen LogP contribution in [0.1, 0.15) is 25.0 Å². The molecule has 4 nitrogen and oxygen atoms in total. The lowest BCUT2D eigenvalue weighted by Gasteiger charge is -2.14. The van der Waals surface area contributed by atoms with Crippen LogP contribution in [-0.4, -0.2) is 18.0 Å². The van der Waals surface area contributed by atoms with Crippen molar-refractivity contribution in [3.8, 4) is 0 Å². The number of nitrogens with one attached hydrogen (secondary N) is 1. The van der Waals surface area contributed by atoms with E-state index in [1.807, 2.05) is 24.3 Å². The van der Waals surface area contributed by atoms with Crippen molar-refractivity contribution in [2.75, 3.05) is 5.32 Å². The van der Waals surface area contributed by atoms with Gasteiger partial charge in [-0.1, -0.05) is 48.3 Å². The third kappa shape index (κ3) is 5.48. The van der Waals surface area contributed by atoms with E-state index in [1.54, 1.807) is 18.2 Å². The summed E-state index contributed by atoms with van der Waals surface area (Å²) in [5.74, 6) is -0.971. The molecule has 1 atom stereocenters. The Labute approximate surface area is 157 Å². The number of halogens is 2. The largest absolute Gasteiger partial charge is 0.452 e. The van der Waals surface area contributed by atoms with E-state index >= 15 is 0 Å². The fraction of sp³-hybridized carbons (Fsp3) is 0.263. The van der Waals surface area contributed by atoms with Gasteiger partial charge in [0.05, 0.1) is 6.42 Å². The zero-order valence-electron chi connectivity index (χ0n) is 14.0. The Morgan fingerprint density at radius 1 is 1.08 bits per heavy atom. The minimum absolute atomic E-state index is 0.0959. The summed E-state index contributed by atoms with van der Waals surface area (Å²) in [5, 5.41) is 3.49. The first kappa shape index (κ1) is 19.3. The molecule has 0 bridgehead atoms. The van der Waals surface area contributed by atoms with Crippen LogP contribution in [0, 0.1) is 0 Å². The fourth-order valence-corrected chi connectivity index (χ4v) is 2.74. The quantitative estimate of drug-likeness (QED) is 0.741. The Morgan fingerprint density at radius 2 is 1.68 bits per heavy atom. The van der Waals surface area contributed by atoms with E-state index in [1.165, 1.54) is 12.5 Å².